The van der Waals surface area contributed by atoms with E-state index in [-0.39, 0.29) is 17.6 Å². The predicted octanol–water partition coefficient (Wildman–Crippen LogP) is 4.77. The Morgan fingerprint density at radius 1 is 1.06 bits per heavy atom. The monoisotopic (exact) mass is 425 g/mol. The van der Waals surface area contributed by atoms with E-state index in [1.807, 2.05) is 49.4 Å². The molecule has 1 aliphatic carbocycles. The van der Waals surface area contributed by atoms with Crippen molar-refractivity contribution < 1.29 is 9.53 Å². The number of pyridine rings is 1. The van der Waals surface area contributed by atoms with Crippen LogP contribution in [0, 0.1) is 12.8 Å². The highest BCUT2D eigenvalue weighted by atomic mass is 16.5. The lowest BCUT2D eigenvalue weighted by Crippen LogP contribution is -2.15. The van der Waals surface area contributed by atoms with Crippen LogP contribution in [0.3, 0.4) is 0 Å². The van der Waals surface area contributed by atoms with Crippen molar-refractivity contribution in [3.8, 4) is 22.9 Å². The van der Waals surface area contributed by atoms with Gasteiger partial charge in [-0.25, -0.2) is 15.0 Å². The van der Waals surface area contributed by atoms with E-state index in [1.54, 1.807) is 18.5 Å². The van der Waals surface area contributed by atoms with Crippen molar-refractivity contribution >= 4 is 28.2 Å². The molecule has 0 unspecified atom stereocenters. The zero-order valence-corrected chi connectivity index (χ0v) is 17.7. The molecule has 0 bridgehead atoms. The number of anilines is 2. The molecule has 1 aliphatic rings. The molecule has 7 nitrogen and oxygen atoms in total. The van der Waals surface area contributed by atoms with Crippen LogP contribution < -0.4 is 15.8 Å². The molecule has 0 atom stereocenters. The zero-order chi connectivity index (χ0) is 22.1. The first-order chi connectivity index (χ1) is 15.6. The Balaban J connectivity index is 1.52. The number of benzene rings is 2. The van der Waals surface area contributed by atoms with E-state index >= 15 is 0 Å². The maximum absolute atomic E-state index is 12.2. The first-order valence-electron chi connectivity index (χ1n) is 10.6. The minimum atomic E-state index is 0.190. The summed E-state index contributed by atoms with van der Waals surface area (Å²) in [6.45, 7) is 2.34. The van der Waals surface area contributed by atoms with Gasteiger partial charge in [-0.2, -0.15) is 0 Å². The van der Waals surface area contributed by atoms with Crippen LogP contribution in [0.1, 0.15) is 18.4 Å². The Morgan fingerprint density at radius 2 is 1.94 bits per heavy atom. The second-order valence-electron chi connectivity index (χ2n) is 7.96. The molecule has 1 saturated carbocycles. The zero-order valence-electron chi connectivity index (χ0n) is 17.7. The lowest BCUT2D eigenvalue weighted by molar-refractivity contribution is -0.118. The van der Waals surface area contributed by atoms with Crippen LogP contribution in [0.2, 0.25) is 0 Å². The van der Waals surface area contributed by atoms with Crippen LogP contribution in [-0.4, -0.2) is 27.3 Å². The number of rotatable bonds is 7. The molecule has 5 rings (SSSR count). The van der Waals surface area contributed by atoms with E-state index in [0.717, 1.165) is 40.4 Å². The summed E-state index contributed by atoms with van der Waals surface area (Å²) in [5.74, 6) is 1.84. The summed E-state index contributed by atoms with van der Waals surface area (Å²) in [7, 11) is 0. The molecule has 2 aromatic heterocycles. The topological polar surface area (TPSA) is 103 Å². The summed E-state index contributed by atoms with van der Waals surface area (Å²) < 4.78 is 6.37. The smallest absolute Gasteiger partial charge is 0.228 e. The molecule has 0 spiro atoms. The molecule has 0 radical (unpaired) electrons. The van der Waals surface area contributed by atoms with Crippen molar-refractivity contribution in [1.82, 2.24) is 15.0 Å². The number of Topliss-reactive ketones (excluding diaryl/α,β-unsaturated/α-hetero) is 1. The lowest BCUT2D eigenvalue weighted by Gasteiger charge is -2.16. The van der Waals surface area contributed by atoms with Crippen molar-refractivity contribution in [1.29, 1.82) is 0 Å². The number of ether oxygens (including phenoxy) is 1. The van der Waals surface area contributed by atoms with Crippen molar-refractivity contribution in [3.05, 3.63) is 66.5 Å². The standard InChI is InChI=1S/C25H23N5O2/c1-15-7-10-17-18(4-2-6-20(17)29-14-22(31)16-8-9-16)23(15)32-24-19(5-3-12-27-24)21-11-13-28-25(26)30-21/h2-7,10-13,16,29H,8-9,14H2,1H3,(H2,26,28,30). The Kier molecular flexibility index (Phi) is 5.15. The molecule has 2 aromatic carbocycles. The molecule has 2 heterocycles. The van der Waals surface area contributed by atoms with Gasteiger partial charge in [0.25, 0.3) is 0 Å². The van der Waals surface area contributed by atoms with Gasteiger partial charge < -0.3 is 15.8 Å². The predicted molar refractivity (Wildman–Crippen MR) is 125 cm³/mol. The van der Waals surface area contributed by atoms with Gasteiger partial charge in [0.2, 0.25) is 11.8 Å². The summed E-state index contributed by atoms with van der Waals surface area (Å²) in [5.41, 5.74) is 9.02. The Bertz CT molecular complexity index is 1320. The number of ketones is 1. The quantitative estimate of drug-likeness (QED) is 0.440. The summed E-state index contributed by atoms with van der Waals surface area (Å²) in [5, 5.41) is 5.24. The highest BCUT2D eigenvalue weighted by Crippen LogP contribution is 2.38. The largest absolute Gasteiger partial charge is 0.437 e. The number of nitrogens with two attached hydrogens (primary N) is 1. The molecule has 1 fully saturated rings. The van der Waals surface area contributed by atoms with Gasteiger partial charge in [-0.15, -0.1) is 0 Å². The number of nitrogens with one attached hydrogen (secondary N) is 1. The molecule has 0 amide bonds. The molecule has 7 heteroatoms. The van der Waals surface area contributed by atoms with Gasteiger partial charge in [0, 0.05) is 34.8 Å². The molecular weight excluding hydrogens is 402 g/mol. The number of hydrogen-bond donors (Lipinski definition) is 2. The third kappa shape index (κ3) is 3.97. The van der Waals surface area contributed by atoms with Crippen molar-refractivity contribution in [2.45, 2.75) is 19.8 Å². The number of fused-ring (bicyclic) bond motifs is 1. The highest BCUT2D eigenvalue weighted by molar-refractivity contribution is 6.00. The minimum absolute atomic E-state index is 0.190. The van der Waals surface area contributed by atoms with Crippen LogP contribution >= 0.6 is 0 Å². The molecule has 160 valence electrons. The van der Waals surface area contributed by atoms with Crippen molar-refractivity contribution in [2.24, 2.45) is 5.92 Å². The van der Waals surface area contributed by atoms with Gasteiger partial charge in [-0.3, -0.25) is 4.79 Å². The van der Waals surface area contributed by atoms with Gasteiger partial charge in [-0.1, -0.05) is 24.3 Å². The fourth-order valence-corrected chi connectivity index (χ4v) is 3.75. The second kappa shape index (κ2) is 8.26. The number of aromatic nitrogens is 3. The maximum atomic E-state index is 12.2. The fraction of sp³-hybridized carbons (Fsp3) is 0.200. The normalized spacial score (nSPS) is 13.2. The number of hydrogen-bond acceptors (Lipinski definition) is 7. The highest BCUT2D eigenvalue weighted by Gasteiger charge is 2.29. The Labute approximate surface area is 185 Å². The number of nitrogens with zero attached hydrogens (tertiary/aromatic N) is 3. The van der Waals surface area contributed by atoms with Gasteiger partial charge in [0.05, 0.1) is 17.8 Å². The van der Waals surface area contributed by atoms with Gasteiger partial charge in [0.1, 0.15) is 5.75 Å². The minimum Gasteiger partial charge on any atom is -0.437 e. The second-order valence-corrected chi connectivity index (χ2v) is 7.96. The van der Waals surface area contributed by atoms with Crippen molar-refractivity contribution in [3.63, 3.8) is 0 Å². The molecule has 0 saturated heterocycles. The van der Waals surface area contributed by atoms with E-state index in [4.69, 9.17) is 10.5 Å². The lowest BCUT2D eigenvalue weighted by atomic mass is 10.0. The number of nitrogen functional groups attached to an aromatic ring is 1. The van der Waals surface area contributed by atoms with E-state index < -0.39 is 0 Å². The number of carbonyl (C=O) groups is 1. The maximum Gasteiger partial charge on any atom is 0.228 e. The Morgan fingerprint density at radius 3 is 2.75 bits per heavy atom. The summed E-state index contributed by atoms with van der Waals surface area (Å²) in [4.78, 5) is 24.9. The van der Waals surface area contributed by atoms with E-state index in [2.05, 4.69) is 20.3 Å². The molecule has 3 N–H and O–H groups in total. The number of carbonyl (C=O) groups excluding carboxylic acids is 1. The average Bonchev–Trinajstić information content (AvgIpc) is 3.65. The van der Waals surface area contributed by atoms with Crippen molar-refractivity contribution in [2.75, 3.05) is 17.6 Å². The van der Waals surface area contributed by atoms with Crippen LogP contribution in [0.15, 0.2) is 60.9 Å². The SMILES string of the molecule is Cc1ccc2c(NCC(=O)C3CC3)cccc2c1Oc1ncccc1-c1ccnc(N)n1. The Hall–Kier alpha value is -4.00. The van der Waals surface area contributed by atoms with Crippen LogP contribution in [0.5, 0.6) is 11.6 Å². The first kappa shape index (κ1) is 19.9. The van der Waals surface area contributed by atoms with Crippen LogP contribution in [0.25, 0.3) is 22.0 Å². The van der Waals surface area contributed by atoms with E-state index in [9.17, 15) is 4.79 Å². The van der Waals surface area contributed by atoms with Crippen LogP contribution in [-0.2, 0) is 4.79 Å². The summed E-state index contributed by atoms with van der Waals surface area (Å²) in [6.07, 6.45) is 5.31. The summed E-state index contributed by atoms with van der Waals surface area (Å²) >= 11 is 0. The molecule has 0 aliphatic heterocycles. The fourth-order valence-electron chi connectivity index (χ4n) is 3.75. The molecule has 32 heavy (non-hydrogen) atoms. The van der Waals surface area contributed by atoms with E-state index in [1.165, 1.54) is 0 Å². The average molecular weight is 425 g/mol. The third-order valence-electron chi connectivity index (χ3n) is 5.61. The number of aryl methyl sites for hydroxylation is 1. The molecule has 4 aromatic rings. The van der Waals surface area contributed by atoms with Gasteiger partial charge in [-0.05, 0) is 49.6 Å². The summed E-state index contributed by atoms with van der Waals surface area (Å²) in [6, 6.07) is 15.5. The molecular formula is C25H23N5O2. The third-order valence-corrected chi connectivity index (χ3v) is 5.61. The van der Waals surface area contributed by atoms with Gasteiger partial charge >= 0.3 is 0 Å². The first-order valence-corrected chi connectivity index (χ1v) is 10.6. The van der Waals surface area contributed by atoms with Gasteiger partial charge in [0.15, 0.2) is 5.78 Å². The van der Waals surface area contributed by atoms with Crippen LogP contribution in [0.4, 0.5) is 11.6 Å². The van der Waals surface area contributed by atoms with E-state index in [0.29, 0.717) is 23.9 Å².